The number of amides is 2. The maximum atomic E-state index is 13.3. The fraction of sp³-hybridized carbons (Fsp3) is 0.650. The number of likely N-dealkylation sites (tertiary alicyclic amines) is 1. The molecule has 1 aliphatic rings. The monoisotopic (exact) mass is 361 g/mol. The van der Waals surface area contributed by atoms with Crippen molar-refractivity contribution in [2.24, 2.45) is 0 Å². The SMILES string of the molecule is CC(C)N(Cc1cccnc1)C(=O)C1CCCCN1C(=O)OC(C)(C)C. The summed E-state index contributed by atoms with van der Waals surface area (Å²) in [5, 5.41) is 0. The Labute approximate surface area is 156 Å². The van der Waals surface area contributed by atoms with Gasteiger partial charge in [0.2, 0.25) is 5.91 Å². The van der Waals surface area contributed by atoms with Crippen molar-refractivity contribution in [2.45, 2.75) is 78.1 Å². The lowest BCUT2D eigenvalue weighted by atomic mass is 10.0. The molecule has 0 aliphatic carbocycles. The van der Waals surface area contributed by atoms with Crippen molar-refractivity contribution in [2.75, 3.05) is 6.54 Å². The van der Waals surface area contributed by atoms with Gasteiger partial charge in [0, 0.05) is 31.5 Å². The van der Waals surface area contributed by atoms with Crippen molar-refractivity contribution in [1.29, 1.82) is 0 Å². The first-order valence-corrected chi connectivity index (χ1v) is 9.38. The molecule has 1 fully saturated rings. The largest absolute Gasteiger partial charge is 0.444 e. The van der Waals surface area contributed by atoms with Gasteiger partial charge in [0.25, 0.3) is 0 Å². The van der Waals surface area contributed by atoms with E-state index >= 15 is 0 Å². The van der Waals surface area contributed by atoms with E-state index in [0.29, 0.717) is 19.5 Å². The molecule has 0 bridgehead atoms. The Morgan fingerprint density at radius 1 is 1.35 bits per heavy atom. The van der Waals surface area contributed by atoms with Crippen LogP contribution in [0.4, 0.5) is 4.79 Å². The Balaban J connectivity index is 2.17. The summed E-state index contributed by atoms with van der Waals surface area (Å²) in [5.41, 5.74) is 0.407. The van der Waals surface area contributed by atoms with Crippen molar-refractivity contribution >= 4 is 12.0 Å². The molecule has 1 aromatic heterocycles. The molecule has 26 heavy (non-hydrogen) atoms. The standard InChI is InChI=1S/C20H31N3O3/c1-15(2)23(14-16-9-8-11-21-13-16)18(24)17-10-6-7-12-22(17)19(25)26-20(3,4)5/h8-9,11,13,15,17H,6-7,10,12,14H2,1-5H3. The highest BCUT2D eigenvalue weighted by Crippen LogP contribution is 2.23. The summed E-state index contributed by atoms with van der Waals surface area (Å²) in [5.74, 6) is -0.0191. The van der Waals surface area contributed by atoms with Crippen LogP contribution in [0.25, 0.3) is 0 Å². The van der Waals surface area contributed by atoms with Crippen molar-refractivity contribution < 1.29 is 14.3 Å². The minimum absolute atomic E-state index is 0.0191. The fourth-order valence-corrected chi connectivity index (χ4v) is 3.12. The van der Waals surface area contributed by atoms with Gasteiger partial charge in [0.05, 0.1) is 0 Å². The normalized spacial score (nSPS) is 17.9. The topological polar surface area (TPSA) is 62.7 Å². The van der Waals surface area contributed by atoms with E-state index < -0.39 is 17.7 Å². The maximum absolute atomic E-state index is 13.3. The average molecular weight is 361 g/mol. The maximum Gasteiger partial charge on any atom is 0.410 e. The van der Waals surface area contributed by atoms with Gasteiger partial charge < -0.3 is 9.64 Å². The van der Waals surface area contributed by atoms with Gasteiger partial charge in [-0.25, -0.2) is 4.79 Å². The van der Waals surface area contributed by atoms with E-state index in [1.165, 1.54) is 0 Å². The fourth-order valence-electron chi connectivity index (χ4n) is 3.12. The zero-order valence-electron chi connectivity index (χ0n) is 16.6. The molecule has 2 heterocycles. The van der Waals surface area contributed by atoms with Gasteiger partial charge in [-0.2, -0.15) is 0 Å². The molecule has 1 saturated heterocycles. The summed E-state index contributed by atoms with van der Waals surface area (Å²) >= 11 is 0. The summed E-state index contributed by atoms with van der Waals surface area (Å²) in [6.45, 7) is 10.6. The minimum Gasteiger partial charge on any atom is -0.444 e. The molecule has 0 N–H and O–H groups in total. The second-order valence-electron chi connectivity index (χ2n) is 8.11. The zero-order chi connectivity index (χ0) is 19.3. The van der Waals surface area contributed by atoms with Gasteiger partial charge in [0.15, 0.2) is 0 Å². The van der Waals surface area contributed by atoms with Crippen LogP contribution in [0.3, 0.4) is 0 Å². The smallest absolute Gasteiger partial charge is 0.410 e. The van der Waals surface area contributed by atoms with Crippen LogP contribution in [0.1, 0.15) is 59.4 Å². The number of piperidine rings is 1. The van der Waals surface area contributed by atoms with Crippen LogP contribution >= 0.6 is 0 Å². The molecule has 144 valence electrons. The Hall–Kier alpha value is -2.11. The number of carbonyl (C=O) groups is 2. The van der Waals surface area contributed by atoms with Crippen molar-refractivity contribution in [1.82, 2.24) is 14.8 Å². The first kappa shape index (κ1) is 20.2. The number of carbonyl (C=O) groups excluding carboxylic acids is 2. The van der Waals surface area contributed by atoms with Gasteiger partial charge >= 0.3 is 6.09 Å². The lowest BCUT2D eigenvalue weighted by Crippen LogP contribution is -2.55. The Kier molecular flexibility index (Phi) is 6.62. The van der Waals surface area contributed by atoms with Crippen LogP contribution in [0, 0.1) is 0 Å². The van der Waals surface area contributed by atoms with Crippen molar-refractivity contribution in [3.05, 3.63) is 30.1 Å². The highest BCUT2D eigenvalue weighted by Gasteiger charge is 2.37. The molecule has 0 saturated carbocycles. The molecule has 1 unspecified atom stereocenters. The summed E-state index contributed by atoms with van der Waals surface area (Å²) in [4.78, 5) is 33.4. The summed E-state index contributed by atoms with van der Waals surface area (Å²) in [6, 6.07) is 3.40. The van der Waals surface area contributed by atoms with Gasteiger partial charge in [-0.1, -0.05) is 6.07 Å². The zero-order valence-corrected chi connectivity index (χ0v) is 16.6. The molecule has 0 aromatic carbocycles. The van der Waals surface area contributed by atoms with Crippen LogP contribution < -0.4 is 0 Å². The number of hydrogen-bond acceptors (Lipinski definition) is 4. The molecule has 1 atom stereocenters. The van der Waals surface area contributed by atoms with Crippen molar-refractivity contribution in [3.63, 3.8) is 0 Å². The van der Waals surface area contributed by atoms with Gasteiger partial charge in [-0.3, -0.25) is 14.7 Å². The molecule has 0 spiro atoms. The molecular formula is C20H31N3O3. The van der Waals surface area contributed by atoms with E-state index in [9.17, 15) is 9.59 Å². The summed E-state index contributed by atoms with van der Waals surface area (Å²) < 4.78 is 5.52. The highest BCUT2D eigenvalue weighted by molar-refractivity contribution is 5.86. The number of hydrogen-bond donors (Lipinski definition) is 0. The predicted octanol–water partition coefficient (Wildman–Crippen LogP) is 3.61. The number of nitrogens with zero attached hydrogens (tertiary/aromatic N) is 3. The van der Waals surface area contributed by atoms with E-state index in [0.717, 1.165) is 18.4 Å². The van der Waals surface area contributed by atoms with Crippen LogP contribution in [-0.2, 0) is 16.1 Å². The molecule has 0 radical (unpaired) electrons. The lowest BCUT2D eigenvalue weighted by Gasteiger charge is -2.39. The van der Waals surface area contributed by atoms with E-state index in [1.54, 1.807) is 17.3 Å². The van der Waals surface area contributed by atoms with Crippen LogP contribution in [0.5, 0.6) is 0 Å². The van der Waals surface area contributed by atoms with Crippen molar-refractivity contribution in [3.8, 4) is 0 Å². The highest BCUT2D eigenvalue weighted by atomic mass is 16.6. The first-order valence-electron chi connectivity index (χ1n) is 9.38. The van der Waals surface area contributed by atoms with Gasteiger partial charge in [0.1, 0.15) is 11.6 Å². The van der Waals surface area contributed by atoms with Crippen LogP contribution in [0.15, 0.2) is 24.5 Å². The molecule has 1 aromatic rings. The molecular weight excluding hydrogens is 330 g/mol. The predicted molar refractivity (Wildman–Crippen MR) is 101 cm³/mol. The third-order valence-electron chi connectivity index (χ3n) is 4.40. The minimum atomic E-state index is -0.574. The lowest BCUT2D eigenvalue weighted by molar-refractivity contribution is -0.140. The second-order valence-corrected chi connectivity index (χ2v) is 8.11. The van der Waals surface area contributed by atoms with E-state index in [1.807, 2.05) is 51.7 Å². The first-order chi connectivity index (χ1) is 12.2. The summed E-state index contributed by atoms with van der Waals surface area (Å²) in [7, 11) is 0. The number of rotatable bonds is 4. The third kappa shape index (κ3) is 5.44. The Morgan fingerprint density at radius 2 is 2.08 bits per heavy atom. The van der Waals surface area contributed by atoms with E-state index in [2.05, 4.69) is 4.98 Å². The molecule has 2 amide bonds. The quantitative estimate of drug-likeness (QED) is 0.822. The van der Waals surface area contributed by atoms with Crippen LogP contribution in [0.2, 0.25) is 0 Å². The molecule has 6 heteroatoms. The molecule has 1 aliphatic heterocycles. The Bertz CT molecular complexity index is 610. The van der Waals surface area contributed by atoms with Gasteiger partial charge in [-0.15, -0.1) is 0 Å². The number of aromatic nitrogens is 1. The third-order valence-corrected chi connectivity index (χ3v) is 4.40. The van der Waals surface area contributed by atoms with Gasteiger partial charge in [-0.05, 0) is 65.5 Å². The van der Waals surface area contributed by atoms with Crippen LogP contribution in [-0.4, -0.2) is 51.0 Å². The average Bonchev–Trinajstić information content (AvgIpc) is 2.58. The number of ether oxygens (including phenoxy) is 1. The Morgan fingerprint density at radius 3 is 2.65 bits per heavy atom. The molecule has 6 nitrogen and oxygen atoms in total. The number of pyridine rings is 1. The second kappa shape index (κ2) is 8.52. The summed E-state index contributed by atoms with van der Waals surface area (Å²) in [6.07, 6.45) is 5.60. The molecule has 2 rings (SSSR count). The van der Waals surface area contributed by atoms with E-state index in [4.69, 9.17) is 4.74 Å². The van der Waals surface area contributed by atoms with E-state index in [-0.39, 0.29) is 11.9 Å².